The molecule has 24 heavy (non-hydrogen) atoms. The number of nitrogens with one attached hydrogen (secondary N) is 2. The summed E-state index contributed by atoms with van der Waals surface area (Å²) in [4.78, 5) is 23.6. The third-order valence-corrected chi connectivity index (χ3v) is 3.82. The Balaban J connectivity index is 2.16. The Morgan fingerprint density at radius 3 is 2.33 bits per heavy atom. The zero-order valence-electron chi connectivity index (χ0n) is 15.0. The van der Waals surface area contributed by atoms with Crippen LogP contribution in [-0.2, 0) is 4.79 Å². The maximum Gasteiger partial charge on any atom is 0.320 e. The summed E-state index contributed by atoms with van der Waals surface area (Å²) in [5.41, 5.74) is 1.36. The summed E-state index contributed by atoms with van der Waals surface area (Å²) in [7, 11) is 0. The highest BCUT2D eigenvalue weighted by molar-refractivity contribution is 6.64. The molecule has 0 saturated heterocycles. The van der Waals surface area contributed by atoms with Crippen LogP contribution in [0.2, 0.25) is 6.82 Å². The first-order valence-corrected chi connectivity index (χ1v) is 8.73. The van der Waals surface area contributed by atoms with Crippen LogP contribution in [-0.4, -0.2) is 36.8 Å². The van der Waals surface area contributed by atoms with Crippen molar-refractivity contribution >= 4 is 24.2 Å². The lowest BCUT2D eigenvalue weighted by molar-refractivity contribution is -0.121. The molecule has 2 amide bonds. The predicted molar refractivity (Wildman–Crippen MR) is 98.6 cm³/mol. The normalized spacial score (nSPS) is 10.5. The summed E-state index contributed by atoms with van der Waals surface area (Å²) in [6, 6.07) is 6.92. The average Bonchev–Trinajstić information content (AvgIpc) is 2.54. The summed E-state index contributed by atoms with van der Waals surface area (Å²) < 4.78 is 0. The molecule has 0 bridgehead atoms. The van der Waals surface area contributed by atoms with Gasteiger partial charge in [0.1, 0.15) is 0 Å². The summed E-state index contributed by atoms with van der Waals surface area (Å²) in [6.45, 7) is 6.70. The van der Waals surface area contributed by atoms with Crippen molar-refractivity contribution in [3.8, 4) is 0 Å². The zero-order chi connectivity index (χ0) is 17.9. The maximum absolute atomic E-state index is 12.0. The van der Waals surface area contributed by atoms with Crippen LogP contribution >= 0.6 is 0 Å². The number of benzene rings is 1. The maximum atomic E-state index is 12.0. The van der Waals surface area contributed by atoms with Gasteiger partial charge in [-0.05, 0) is 42.8 Å². The number of rotatable bonds is 10. The van der Waals surface area contributed by atoms with Gasteiger partial charge in [-0.3, -0.25) is 9.59 Å². The van der Waals surface area contributed by atoms with E-state index in [9.17, 15) is 14.6 Å². The van der Waals surface area contributed by atoms with E-state index in [1.165, 1.54) is 0 Å². The molecule has 0 spiro atoms. The number of carbonyl (C=O) groups excluding carboxylic acids is 2. The summed E-state index contributed by atoms with van der Waals surface area (Å²) in [5.74, 6) is 0.541. The van der Waals surface area contributed by atoms with Crippen molar-refractivity contribution in [2.45, 2.75) is 46.4 Å². The molecule has 0 fully saturated rings. The Labute approximate surface area is 145 Å². The monoisotopic (exact) mass is 332 g/mol. The summed E-state index contributed by atoms with van der Waals surface area (Å²) in [6.07, 6.45) is 3.02. The first kappa shape index (κ1) is 20.2. The van der Waals surface area contributed by atoms with Crippen molar-refractivity contribution in [1.29, 1.82) is 0 Å². The highest BCUT2D eigenvalue weighted by Gasteiger charge is 2.09. The third kappa shape index (κ3) is 8.15. The summed E-state index contributed by atoms with van der Waals surface area (Å²) >= 11 is 0. The van der Waals surface area contributed by atoms with Crippen molar-refractivity contribution in [3.05, 3.63) is 29.8 Å². The van der Waals surface area contributed by atoms with Crippen LogP contribution in [0.25, 0.3) is 0 Å². The first-order chi connectivity index (χ1) is 11.4. The van der Waals surface area contributed by atoms with Gasteiger partial charge >= 0.3 is 6.92 Å². The van der Waals surface area contributed by atoms with E-state index in [4.69, 9.17) is 0 Å². The number of amides is 2. The molecule has 3 N–H and O–H groups in total. The molecule has 0 aliphatic carbocycles. The topological polar surface area (TPSA) is 78.4 Å². The minimum atomic E-state index is -0.534. The van der Waals surface area contributed by atoms with Gasteiger partial charge in [0, 0.05) is 25.1 Å². The van der Waals surface area contributed by atoms with Crippen molar-refractivity contribution in [1.82, 2.24) is 10.6 Å². The Morgan fingerprint density at radius 2 is 1.75 bits per heavy atom. The van der Waals surface area contributed by atoms with Crippen LogP contribution in [0.1, 0.15) is 49.9 Å². The second-order valence-electron chi connectivity index (χ2n) is 6.54. The smallest absolute Gasteiger partial charge is 0.320 e. The number of hydrogen-bond donors (Lipinski definition) is 3. The zero-order valence-corrected chi connectivity index (χ0v) is 15.0. The van der Waals surface area contributed by atoms with Gasteiger partial charge in [0.2, 0.25) is 5.91 Å². The second-order valence-corrected chi connectivity index (χ2v) is 6.54. The van der Waals surface area contributed by atoms with E-state index in [1.54, 1.807) is 31.1 Å². The van der Waals surface area contributed by atoms with Crippen molar-refractivity contribution in [2.24, 2.45) is 5.92 Å². The van der Waals surface area contributed by atoms with Gasteiger partial charge in [0.25, 0.3) is 5.91 Å². The van der Waals surface area contributed by atoms with Gasteiger partial charge in [-0.2, -0.15) is 0 Å². The van der Waals surface area contributed by atoms with Crippen molar-refractivity contribution < 1.29 is 14.6 Å². The quantitative estimate of drug-likeness (QED) is 0.449. The molecule has 0 heterocycles. The molecule has 1 aromatic rings. The van der Waals surface area contributed by atoms with Crippen LogP contribution in [0, 0.1) is 5.92 Å². The molecule has 1 rings (SSSR count). The largest absolute Gasteiger partial charge is 0.447 e. The number of carbonyl (C=O) groups is 2. The third-order valence-electron chi connectivity index (χ3n) is 3.82. The van der Waals surface area contributed by atoms with E-state index in [2.05, 4.69) is 24.5 Å². The fourth-order valence-corrected chi connectivity index (χ4v) is 2.22. The van der Waals surface area contributed by atoms with Crippen LogP contribution in [0.3, 0.4) is 0 Å². The molecular formula is C18H29BN2O3. The molecule has 0 atom stereocenters. The van der Waals surface area contributed by atoms with Crippen LogP contribution < -0.4 is 16.1 Å². The molecule has 0 radical (unpaired) electrons. The Kier molecular flexibility index (Phi) is 9.16. The fraction of sp³-hybridized carbons (Fsp3) is 0.556. The van der Waals surface area contributed by atoms with Crippen molar-refractivity contribution in [3.63, 3.8) is 0 Å². The van der Waals surface area contributed by atoms with E-state index in [0.29, 0.717) is 24.4 Å². The minimum Gasteiger partial charge on any atom is -0.447 e. The van der Waals surface area contributed by atoms with Crippen LogP contribution in [0.15, 0.2) is 24.3 Å². The predicted octanol–water partition coefficient (Wildman–Crippen LogP) is 1.57. The van der Waals surface area contributed by atoms with Gasteiger partial charge < -0.3 is 15.7 Å². The highest BCUT2D eigenvalue weighted by Crippen LogP contribution is 2.00. The number of unbranched alkanes of at least 4 members (excludes halogenated alkanes) is 1. The van der Waals surface area contributed by atoms with E-state index < -0.39 is 6.92 Å². The highest BCUT2D eigenvalue weighted by atomic mass is 16.2. The van der Waals surface area contributed by atoms with Gasteiger partial charge in [-0.1, -0.05) is 32.8 Å². The molecule has 5 nitrogen and oxygen atoms in total. The number of hydrogen-bond acceptors (Lipinski definition) is 3. The Bertz CT molecular complexity index is 516. The molecule has 0 unspecified atom stereocenters. The van der Waals surface area contributed by atoms with E-state index >= 15 is 0 Å². The lowest BCUT2D eigenvalue weighted by atomic mass is 9.64. The average molecular weight is 332 g/mol. The van der Waals surface area contributed by atoms with Crippen LogP contribution in [0.5, 0.6) is 0 Å². The van der Waals surface area contributed by atoms with Gasteiger partial charge in [-0.15, -0.1) is 0 Å². The lowest BCUT2D eigenvalue weighted by Gasteiger charge is -2.08. The minimum absolute atomic E-state index is 0.0793. The van der Waals surface area contributed by atoms with E-state index in [1.807, 2.05) is 0 Å². The SMILES string of the molecule is CB(O)c1ccc(C(=O)NCCCCC(=O)NCCC(C)C)cc1. The standard InChI is InChI=1S/C18H29BN2O3/c1-14(2)11-13-20-17(22)6-4-5-12-21-18(23)15-7-9-16(10-8-15)19(3)24/h7-10,14,24H,4-6,11-13H2,1-3H3,(H,20,22)(H,21,23). The van der Waals surface area contributed by atoms with Crippen molar-refractivity contribution in [2.75, 3.05) is 13.1 Å². The lowest BCUT2D eigenvalue weighted by Crippen LogP contribution is -2.28. The molecule has 0 aromatic heterocycles. The van der Waals surface area contributed by atoms with Gasteiger partial charge in [-0.25, -0.2) is 0 Å². The van der Waals surface area contributed by atoms with E-state index in [-0.39, 0.29) is 11.8 Å². The molecule has 0 aliphatic heterocycles. The molecule has 0 aliphatic rings. The van der Waals surface area contributed by atoms with Crippen LogP contribution in [0.4, 0.5) is 0 Å². The van der Waals surface area contributed by atoms with Gasteiger partial charge in [0.15, 0.2) is 0 Å². The Morgan fingerprint density at radius 1 is 1.08 bits per heavy atom. The molecular weight excluding hydrogens is 303 g/mol. The Hall–Kier alpha value is -1.82. The molecule has 132 valence electrons. The van der Waals surface area contributed by atoms with Gasteiger partial charge in [0.05, 0.1) is 0 Å². The first-order valence-electron chi connectivity index (χ1n) is 8.73. The summed E-state index contributed by atoms with van der Waals surface area (Å²) in [5, 5.41) is 15.2. The fourth-order valence-electron chi connectivity index (χ4n) is 2.22. The molecule has 6 heteroatoms. The van der Waals surface area contributed by atoms with E-state index in [0.717, 1.165) is 31.3 Å². The second kappa shape index (κ2) is 10.9. The molecule has 0 saturated carbocycles. The molecule has 1 aromatic carbocycles.